The predicted octanol–water partition coefficient (Wildman–Crippen LogP) is 2.71. The van der Waals surface area contributed by atoms with Crippen molar-refractivity contribution >= 4 is 5.91 Å². The third kappa shape index (κ3) is 3.76. The molecular formula is C17H25NO3. The smallest absolute Gasteiger partial charge is 0.254 e. The van der Waals surface area contributed by atoms with Crippen molar-refractivity contribution in [3.8, 4) is 5.75 Å². The quantitative estimate of drug-likeness (QED) is 0.820. The lowest BCUT2D eigenvalue weighted by atomic mass is 10.0. The molecule has 1 N–H and O–H groups in total. The SMILES string of the molecule is CCCCOc1ccc(C(=O)N2CCC(C)C2CO)cc1. The lowest BCUT2D eigenvalue weighted by Crippen LogP contribution is -2.39. The summed E-state index contributed by atoms with van der Waals surface area (Å²) in [6, 6.07) is 7.24. The molecular weight excluding hydrogens is 266 g/mol. The molecule has 1 aliphatic heterocycles. The van der Waals surface area contributed by atoms with Gasteiger partial charge in [-0.15, -0.1) is 0 Å². The number of hydrogen-bond acceptors (Lipinski definition) is 3. The first-order valence-corrected chi connectivity index (χ1v) is 7.82. The van der Waals surface area contributed by atoms with Crippen LogP contribution >= 0.6 is 0 Å². The van der Waals surface area contributed by atoms with Crippen LogP contribution in [0.15, 0.2) is 24.3 Å². The highest BCUT2D eigenvalue weighted by Crippen LogP contribution is 2.25. The molecule has 1 fully saturated rings. The van der Waals surface area contributed by atoms with Gasteiger partial charge in [-0.25, -0.2) is 0 Å². The molecule has 0 aromatic heterocycles. The van der Waals surface area contributed by atoms with Crippen LogP contribution in [0, 0.1) is 5.92 Å². The number of amides is 1. The van der Waals surface area contributed by atoms with Crippen molar-refractivity contribution in [2.24, 2.45) is 5.92 Å². The molecule has 0 aliphatic carbocycles. The van der Waals surface area contributed by atoms with E-state index in [9.17, 15) is 9.90 Å². The molecule has 1 saturated heterocycles. The summed E-state index contributed by atoms with van der Waals surface area (Å²) in [5.41, 5.74) is 0.658. The standard InChI is InChI=1S/C17H25NO3/c1-3-4-11-21-15-7-5-14(6-8-15)17(20)18-10-9-13(2)16(18)12-19/h5-8,13,16,19H,3-4,9-12H2,1-2H3. The number of rotatable bonds is 6. The van der Waals surface area contributed by atoms with Crippen LogP contribution in [0.1, 0.15) is 43.5 Å². The number of likely N-dealkylation sites (tertiary alicyclic amines) is 1. The predicted molar refractivity (Wildman–Crippen MR) is 82.5 cm³/mol. The minimum Gasteiger partial charge on any atom is -0.494 e. The molecule has 116 valence electrons. The summed E-state index contributed by atoms with van der Waals surface area (Å²) in [5.74, 6) is 1.16. The molecule has 2 atom stereocenters. The Kier molecular flexibility index (Phi) is 5.62. The van der Waals surface area contributed by atoms with Crippen molar-refractivity contribution in [2.75, 3.05) is 19.8 Å². The van der Waals surface area contributed by atoms with Crippen LogP contribution in [0.5, 0.6) is 5.75 Å². The van der Waals surface area contributed by atoms with Gasteiger partial charge in [0.15, 0.2) is 0 Å². The van der Waals surface area contributed by atoms with E-state index in [0.29, 0.717) is 18.1 Å². The van der Waals surface area contributed by atoms with E-state index >= 15 is 0 Å². The van der Waals surface area contributed by atoms with Crippen molar-refractivity contribution in [2.45, 2.75) is 39.2 Å². The summed E-state index contributed by atoms with van der Waals surface area (Å²) >= 11 is 0. The van der Waals surface area contributed by atoms with E-state index in [0.717, 1.165) is 31.6 Å². The molecule has 21 heavy (non-hydrogen) atoms. The summed E-state index contributed by atoms with van der Waals surface area (Å²) in [6.07, 6.45) is 3.09. The van der Waals surface area contributed by atoms with E-state index < -0.39 is 0 Å². The lowest BCUT2D eigenvalue weighted by molar-refractivity contribution is 0.0648. The van der Waals surface area contributed by atoms with Crippen LogP contribution in [0.2, 0.25) is 0 Å². The summed E-state index contributed by atoms with van der Waals surface area (Å²) in [7, 11) is 0. The van der Waals surface area contributed by atoms with Gasteiger partial charge >= 0.3 is 0 Å². The van der Waals surface area contributed by atoms with Gasteiger partial charge in [0.2, 0.25) is 0 Å². The van der Waals surface area contributed by atoms with Crippen LogP contribution in [0.4, 0.5) is 0 Å². The number of nitrogens with zero attached hydrogens (tertiary/aromatic N) is 1. The first kappa shape index (κ1) is 15.8. The highest BCUT2D eigenvalue weighted by molar-refractivity contribution is 5.94. The van der Waals surface area contributed by atoms with Gasteiger partial charge in [-0.2, -0.15) is 0 Å². The first-order chi connectivity index (χ1) is 10.2. The fourth-order valence-corrected chi connectivity index (χ4v) is 2.73. The number of carbonyl (C=O) groups excluding carboxylic acids is 1. The molecule has 4 heteroatoms. The van der Waals surface area contributed by atoms with Gasteiger partial charge in [0.25, 0.3) is 5.91 Å². The molecule has 4 nitrogen and oxygen atoms in total. The Balaban J connectivity index is 1.99. The molecule has 1 heterocycles. The van der Waals surface area contributed by atoms with E-state index in [1.807, 2.05) is 12.1 Å². The van der Waals surface area contributed by atoms with Crippen molar-refractivity contribution in [3.63, 3.8) is 0 Å². The summed E-state index contributed by atoms with van der Waals surface area (Å²) in [6.45, 7) is 5.67. The number of carbonyl (C=O) groups is 1. The molecule has 1 amide bonds. The Morgan fingerprint density at radius 3 is 2.71 bits per heavy atom. The van der Waals surface area contributed by atoms with Crippen LogP contribution in [0.3, 0.4) is 0 Å². The zero-order valence-corrected chi connectivity index (χ0v) is 12.9. The third-order valence-corrected chi connectivity index (χ3v) is 4.20. The zero-order valence-electron chi connectivity index (χ0n) is 12.9. The third-order valence-electron chi connectivity index (χ3n) is 4.20. The molecule has 2 unspecified atom stereocenters. The van der Waals surface area contributed by atoms with E-state index in [4.69, 9.17) is 4.74 Å². The summed E-state index contributed by atoms with van der Waals surface area (Å²) in [4.78, 5) is 14.3. The van der Waals surface area contributed by atoms with Gasteiger partial charge in [0.05, 0.1) is 19.3 Å². The summed E-state index contributed by atoms with van der Waals surface area (Å²) < 4.78 is 5.60. The maximum atomic E-state index is 12.5. The van der Waals surface area contributed by atoms with Crippen molar-refractivity contribution in [3.05, 3.63) is 29.8 Å². The second-order valence-electron chi connectivity index (χ2n) is 5.74. The number of aliphatic hydroxyl groups is 1. The summed E-state index contributed by atoms with van der Waals surface area (Å²) in [5, 5.41) is 9.45. The number of ether oxygens (including phenoxy) is 1. The first-order valence-electron chi connectivity index (χ1n) is 7.82. The lowest BCUT2D eigenvalue weighted by Gasteiger charge is -2.25. The molecule has 2 rings (SSSR count). The normalized spacial score (nSPS) is 21.6. The number of aliphatic hydroxyl groups excluding tert-OH is 1. The van der Waals surface area contributed by atoms with Crippen molar-refractivity contribution in [1.29, 1.82) is 0 Å². The topological polar surface area (TPSA) is 49.8 Å². The molecule has 1 aromatic carbocycles. The van der Waals surface area contributed by atoms with E-state index in [2.05, 4.69) is 13.8 Å². The maximum absolute atomic E-state index is 12.5. The van der Waals surface area contributed by atoms with Gasteiger partial charge in [-0.3, -0.25) is 4.79 Å². The minimum absolute atomic E-state index is 0.00138. The number of hydrogen-bond donors (Lipinski definition) is 1. The molecule has 0 spiro atoms. The Morgan fingerprint density at radius 2 is 2.10 bits per heavy atom. The fourth-order valence-electron chi connectivity index (χ4n) is 2.73. The Hall–Kier alpha value is -1.55. The van der Waals surface area contributed by atoms with Gasteiger partial charge in [-0.05, 0) is 43.0 Å². The van der Waals surface area contributed by atoms with E-state index in [-0.39, 0.29) is 18.6 Å². The number of benzene rings is 1. The number of unbranched alkanes of at least 4 members (excludes halogenated alkanes) is 1. The van der Waals surface area contributed by atoms with Gasteiger partial charge in [-0.1, -0.05) is 20.3 Å². The Bertz CT molecular complexity index is 458. The van der Waals surface area contributed by atoms with E-state index in [1.54, 1.807) is 17.0 Å². The average molecular weight is 291 g/mol. The molecule has 0 bridgehead atoms. The highest BCUT2D eigenvalue weighted by atomic mass is 16.5. The maximum Gasteiger partial charge on any atom is 0.254 e. The Morgan fingerprint density at radius 1 is 1.38 bits per heavy atom. The van der Waals surface area contributed by atoms with Gasteiger partial charge < -0.3 is 14.7 Å². The van der Waals surface area contributed by atoms with Crippen LogP contribution in [-0.4, -0.2) is 41.7 Å². The van der Waals surface area contributed by atoms with Crippen LogP contribution in [0.25, 0.3) is 0 Å². The largest absolute Gasteiger partial charge is 0.494 e. The van der Waals surface area contributed by atoms with Crippen LogP contribution < -0.4 is 4.74 Å². The zero-order chi connectivity index (χ0) is 15.2. The van der Waals surface area contributed by atoms with Crippen molar-refractivity contribution in [1.82, 2.24) is 4.90 Å². The van der Waals surface area contributed by atoms with E-state index in [1.165, 1.54) is 0 Å². The Labute approximate surface area is 126 Å². The second-order valence-corrected chi connectivity index (χ2v) is 5.74. The van der Waals surface area contributed by atoms with Gasteiger partial charge in [0, 0.05) is 12.1 Å². The average Bonchev–Trinajstić information content (AvgIpc) is 2.88. The molecule has 0 radical (unpaired) electrons. The minimum atomic E-state index is -0.0574. The van der Waals surface area contributed by atoms with Crippen molar-refractivity contribution < 1.29 is 14.6 Å². The van der Waals surface area contributed by atoms with Crippen LogP contribution in [-0.2, 0) is 0 Å². The fraction of sp³-hybridized carbons (Fsp3) is 0.588. The van der Waals surface area contributed by atoms with Gasteiger partial charge in [0.1, 0.15) is 5.75 Å². The molecule has 1 aliphatic rings. The molecule has 0 saturated carbocycles. The monoisotopic (exact) mass is 291 g/mol. The highest BCUT2D eigenvalue weighted by Gasteiger charge is 2.34. The second kappa shape index (κ2) is 7.46. The molecule has 1 aromatic rings.